The van der Waals surface area contributed by atoms with E-state index in [9.17, 15) is 14.4 Å². The average molecular weight is 398 g/mol. The van der Waals surface area contributed by atoms with E-state index in [-0.39, 0.29) is 31.2 Å². The van der Waals surface area contributed by atoms with Crippen molar-refractivity contribution < 1.29 is 28.8 Å². The molecule has 0 aliphatic carbocycles. The molecule has 0 spiro atoms. The van der Waals surface area contributed by atoms with Crippen LogP contribution in [-0.4, -0.2) is 78.9 Å². The molecule has 0 saturated carbocycles. The second kappa shape index (κ2) is 10.0. The van der Waals surface area contributed by atoms with Crippen molar-refractivity contribution in [2.24, 2.45) is 0 Å². The van der Waals surface area contributed by atoms with E-state index in [4.69, 9.17) is 14.4 Å². The molecule has 3 heterocycles. The van der Waals surface area contributed by atoms with Crippen LogP contribution in [0.5, 0.6) is 0 Å². The minimum Gasteiger partial charge on any atom is -0.464 e. The van der Waals surface area contributed by atoms with Gasteiger partial charge in [0, 0.05) is 12.6 Å². The molecule has 3 aliphatic heterocycles. The standard InChI is InChI=1S/C18H30N4O6/c1-2-26-16(23)12-28-22-14-7-8-15(21(10-14)18(22)25)17(24)20-27-11-13-6-4-3-5-9-19-13/h13-15,19H,2-12H2,1H3,(H,20,24)/t13-,14-,15-/m1/s1. The van der Waals surface area contributed by atoms with Crippen molar-refractivity contribution in [3.63, 3.8) is 0 Å². The topological polar surface area (TPSA) is 109 Å². The Morgan fingerprint density at radius 2 is 2.07 bits per heavy atom. The summed E-state index contributed by atoms with van der Waals surface area (Å²) in [5.41, 5.74) is 2.50. The summed E-state index contributed by atoms with van der Waals surface area (Å²) in [4.78, 5) is 48.8. The van der Waals surface area contributed by atoms with Gasteiger partial charge in [0.05, 0.1) is 19.3 Å². The third kappa shape index (κ3) is 5.12. The fourth-order valence-electron chi connectivity index (χ4n) is 3.92. The van der Waals surface area contributed by atoms with Crippen LogP contribution in [0.2, 0.25) is 0 Å². The number of carbonyl (C=O) groups is 3. The zero-order valence-electron chi connectivity index (χ0n) is 16.4. The maximum atomic E-state index is 12.6. The van der Waals surface area contributed by atoms with Crippen molar-refractivity contribution in [3.8, 4) is 0 Å². The minimum atomic E-state index is -0.595. The Balaban J connectivity index is 1.45. The van der Waals surface area contributed by atoms with Gasteiger partial charge in [0.2, 0.25) is 0 Å². The van der Waals surface area contributed by atoms with Gasteiger partial charge in [-0.15, -0.1) is 0 Å². The molecule has 3 atom stereocenters. The lowest BCUT2D eigenvalue weighted by Crippen LogP contribution is -2.50. The molecule has 2 bridgehead atoms. The number of amides is 3. The van der Waals surface area contributed by atoms with Crippen molar-refractivity contribution in [2.45, 2.75) is 63.6 Å². The summed E-state index contributed by atoms with van der Waals surface area (Å²) >= 11 is 0. The number of nitrogens with zero attached hydrogens (tertiary/aromatic N) is 2. The van der Waals surface area contributed by atoms with Gasteiger partial charge in [0.1, 0.15) is 6.04 Å². The van der Waals surface area contributed by atoms with Gasteiger partial charge in [0.15, 0.2) is 6.61 Å². The van der Waals surface area contributed by atoms with Gasteiger partial charge >= 0.3 is 12.0 Å². The highest BCUT2D eigenvalue weighted by Crippen LogP contribution is 2.30. The largest absolute Gasteiger partial charge is 0.464 e. The number of nitrogens with one attached hydrogen (secondary N) is 2. The minimum absolute atomic E-state index is 0.165. The zero-order valence-corrected chi connectivity index (χ0v) is 16.4. The third-order valence-electron chi connectivity index (χ3n) is 5.37. The van der Waals surface area contributed by atoms with Crippen LogP contribution >= 0.6 is 0 Å². The van der Waals surface area contributed by atoms with Gasteiger partial charge in [-0.3, -0.25) is 14.5 Å². The molecule has 3 fully saturated rings. The number of ether oxygens (including phenoxy) is 1. The number of esters is 1. The first kappa shape index (κ1) is 20.8. The first-order valence-electron chi connectivity index (χ1n) is 10.1. The first-order valence-corrected chi connectivity index (χ1v) is 10.1. The van der Waals surface area contributed by atoms with Crippen molar-refractivity contribution in [1.82, 2.24) is 20.8 Å². The van der Waals surface area contributed by atoms with Crippen LogP contribution in [0.3, 0.4) is 0 Å². The molecule has 28 heavy (non-hydrogen) atoms. The number of piperidine rings is 1. The maximum Gasteiger partial charge on any atom is 0.345 e. The second-order valence-electron chi connectivity index (χ2n) is 7.36. The van der Waals surface area contributed by atoms with E-state index in [1.165, 1.54) is 16.4 Å². The third-order valence-corrected chi connectivity index (χ3v) is 5.37. The van der Waals surface area contributed by atoms with E-state index in [0.29, 0.717) is 26.0 Å². The molecule has 3 rings (SSSR count). The summed E-state index contributed by atoms with van der Waals surface area (Å²) < 4.78 is 4.81. The molecule has 0 radical (unpaired) electrons. The molecular weight excluding hydrogens is 368 g/mol. The van der Waals surface area contributed by atoms with Crippen molar-refractivity contribution in [3.05, 3.63) is 0 Å². The number of hydrogen-bond acceptors (Lipinski definition) is 7. The van der Waals surface area contributed by atoms with E-state index in [2.05, 4.69) is 10.8 Å². The lowest BCUT2D eigenvalue weighted by molar-refractivity contribution is -0.172. The van der Waals surface area contributed by atoms with Gasteiger partial charge in [-0.2, -0.15) is 5.06 Å². The molecule has 0 aromatic heterocycles. The Kier molecular flexibility index (Phi) is 7.46. The fourth-order valence-corrected chi connectivity index (χ4v) is 3.92. The smallest absolute Gasteiger partial charge is 0.345 e. The average Bonchev–Trinajstić information content (AvgIpc) is 2.87. The Labute approximate surface area is 164 Å². The van der Waals surface area contributed by atoms with E-state index < -0.39 is 18.0 Å². The highest BCUT2D eigenvalue weighted by atomic mass is 16.7. The summed E-state index contributed by atoms with van der Waals surface area (Å²) in [5.74, 6) is -0.853. The fraction of sp³-hybridized carbons (Fsp3) is 0.833. The van der Waals surface area contributed by atoms with Crippen LogP contribution in [0.1, 0.15) is 45.4 Å². The summed E-state index contributed by atoms with van der Waals surface area (Å²) in [6, 6.07) is -0.930. The number of fused-ring (bicyclic) bond motifs is 2. The molecule has 2 N–H and O–H groups in total. The summed E-state index contributed by atoms with van der Waals surface area (Å²) in [6.45, 7) is 3.40. The quantitative estimate of drug-likeness (QED) is 0.448. The monoisotopic (exact) mass is 398 g/mol. The lowest BCUT2D eigenvalue weighted by atomic mass is 10.0. The van der Waals surface area contributed by atoms with Crippen LogP contribution in [0.4, 0.5) is 4.79 Å². The maximum absolute atomic E-state index is 12.6. The van der Waals surface area contributed by atoms with E-state index in [0.717, 1.165) is 25.8 Å². The Morgan fingerprint density at radius 3 is 2.89 bits per heavy atom. The molecule has 3 saturated heterocycles. The van der Waals surface area contributed by atoms with Gasteiger partial charge in [0.25, 0.3) is 5.91 Å². The molecule has 10 nitrogen and oxygen atoms in total. The zero-order chi connectivity index (χ0) is 19.9. The predicted octanol–water partition coefficient (Wildman–Crippen LogP) is 0.330. The molecule has 3 aliphatic rings. The van der Waals surface area contributed by atoms with Gasteiger partial charge in [-0.05, 0) is 39.2 Å². The molecule has 0 aromatic carbocycles. The van der Waals surface area contributed by atoms with Gasteiger partial charge < -0.3 is 15.0 Å². The van der Waals surface area contributed by atoms with Crippen LogP contribution in [0, 0.1) is 0 Å². The SMILES string of the molecule is CCOC(=O)CON1C(=O)N2C[C@H]1CC[C@@H]2C(=O)NOC[C@H]1CCCCCN1. The number of carbonyl (C=O) groups excluding carboxylic acids is 3. The molecule has 158 valence electrons. The van der Waals surface area contributed by atoms with E-state index in [1.54, 1.807) is 6.92 Å². The summed E-state index contributed by atoms with van der Waals surface area (Å²) in [7, 11) is 0. The summed E-state index contributed by atoms with van der Waals surface area (Å²) in [5, 5.41) is 4.60. The number of urea groups is 1. The second-order valence-corrected chi connectivity index (χ2v) is 7.36. The summed E-state index contributed by atoms with van der Waals surface area (Å²) in [6.07, 6.45) is 5.70. The lowest BCUT2D eigenvalue weighted by Gasteiger charge is -2.29. The Hall–Kier alpha value is -1.91. The Morgan fingerprint density at radius 1 is 1.21 bits per heavy atom. The normalized spacial score (nSPS) is 27.5. The van der Waals surface area contributed by atoms with Gasteiger partial charge in [-0.25, -0.2) is 15.1 Å². The number of rotatable bonds is 8. The molecular formula is C18H30N4O6. The predicted molar refractivity (Wildman–Crippen MR) is 97.7 cm³/mol. The van der Waals surface area contributed by atoms with Crippen molar-refractivity contribution in [2.75, 3.05) is 32.9 Å². The van der Waals surface area contributed by atoms with Crippen LogP contribution in [-0.2, 0) is 24.0 Å². The Bertz CT molecular complexity index is 566. The van der Waals surface area contributed by atoms with Crippen molar-refractivity contribution >= 4 is 17.9 Å². The van der Waals surface area contributed by atoms with Crippen LogP contribution in [0.25, 0.3) is 0 Å². The van der Waals surface area contributed by atoms with Crippen LogP contribution in [0.15, 0.2) is 0 Å². The van der Waals surface area contributed by atoms with E-state index >= 15 is 0 Å². The van der Waals surface area contributed by atoms with Crippen molar-refractivity contribution in [1.29, 1.82) is 0 Å². The molecule has 3 amide bonds. The highest BCUT2D eigenvalue weighted by Gasteiger charge is 2.48. The first-order chi connectivity index (χ1) is 13.6. The van der Waals surface area contributed by atoms with Gasteiger partial charge in [-0.1, -0.05) is 12.8 Å². The number of hydrogen-bond donors (Lipinski definition) is 2. The van der Waals surface area contributed by atoms with Crippen LogP contribution < -0.4 is 10.8 Å². The van der Waals surface area contributed by atoms with E-state index in [1.807, 2.05) is 0 Å². The molecule has 0 aromatic rings. The number of hydroxylamine groups is 3. The highest BCUT2D eigenvalue weighted by molar-refractivity contribution is 5.88. The molecule has 0 unspecified atom stereocenters. The molecule has 10 heteroatoms.